The lowest BCUT2D eigenvalue weighted by Crippen LogP contribution is -2.01. The molecule has 0 heterocycles. The number of benzene rings is 1. The van der Waals surface area contributed by atoms with Gasteiger partial charge in [0.1, 0.15) is 5.75 Å². The average Bonchev–Trinajstić information content (AvgIpc) is 2.14. The second kappa shape index (κ2) is 5.15. The largest absolute Gasteiger partial charge is 0.493 e. The summed E-state index contributed by atoms with van der Waals surface area (Å²) in [6.45, 7) is 4.52. The van der Waals surface area contributed by atoms with Crippen LogP contribution < -0.4 is 4.74 Å². The van der Waals surface area contributed by atoms with Crippen molar-refractivity contribution in [3.8, 4) is 5.75 Å². The van der Waals surface area contributed by atoms with E-state index in [4.69, 9.17) is 10.1 Å². The molecule has 0 radical (unpaired) electrons. The molecule has 0 bridgehead atoms. The van der Waals surface area contributed by atoms with Gasteiger partial charge in [-0.15, -0.1) is 0 Å². The Morgan fingerprint density at radius 1 is 1.50 bits per heavy atom. The smallest absolute Gasteiger partial charge is 0.129 e. The van der Waals surface area contributed by atoms with E-state index in [1.165, 1.54) is 0 Å². The Kier molecular flexibility index (Phi) is 4.14. The van der Waals surface area contributed by atoms with Crippen LogP contribution >= 0.6 is 15.9 Å². The minimum absolute atomic E-state index is 0.531. The van der Waals surface area contributed by atoms with Gasteiger partial charge in [-0.05, 0) is 31.5 Å². The van der Waals surface area contributed by atoms with Crippen LogP contribution in [-0.2, 0) is 0 Å². The Bertz CT molecular complexity index is 336. The van der Waals surface area contributed by atoms with E-state index in [-0.39, 0.29) is 0 Å². The van der Waals surface area contributed by atoms with Crippen molar-refractivity contribution in [1.82, 2.24) is 0 Å². The van der Waals surface area contributed by atoms with Crippen LogP contribution in [0.5, 0.6) is 5.75 Å². The van der Waals surface area contributed by atoms with Crippen LogP contribution in [0, 0.1) is 5.41 Å². The fourth-order valence-electron chi connectivity index (χ4n) is 1.14. The predicted molar refractivity (Wildman–Crippen MR) is 62.4 cm³/mol. The molecule has 0 atom stereocenters. The molecule has 0 amide bonds. The molecule has 0 unspecified atom stereocenters. The normalized spacial score (nSPS) is 9.93. The highest BCUT2D eigenvalue weighted by Crippen LogP contribution is 2.24. The fraction of sp³-hybridized carbons (Fsp3) is 0.364. The number of nitrogens with one attached hydrogen (secondary N) is 1. The summed E-state index contributed by atoms with van der Waals surface area (Å²) in [4.78, 5) is 0. The summed E-state index contributed by atoms with van der Waals surface area (Å²) in [5, 5.41) is 7.59. The lowest BCUT2D eigenvalue weighted by molar-refractivity contribution is 0.316. The first kappa shape index (κ1) is 11.2. The van der Waals surface area contributed by atoms with E-state index in [2.05, 4.69) is 22.9 Å². The summed E-state index contributed by atoms with van der Waals surface area (Å²) in [5.74, 6) is 0.786. The highest BCUT2D eigenvalue weighted by Gasteiger charge is 2.05. The van der Waals surface area contributed by atoms with Gasteiger partial charge >= 0.3 is 0 Å². The second-order valence-corrected chi connectivity index (χ2v) is 4.03. The zero-order valence-electron chi connectivity index (χ0n) is 8.43. The zero-order valence-corrected chi connectivity index (χ0v) is 10.0. The lowest BCUT2D eigenvalue weighted by Gasteiger charge is -2.10. The lowest BCUT2D eigenvalue weighted by atomic mass is 10.1. The highest BCUT2D eigenvalue weighted by atomic mass is 79.9. The van der Waals surface area contributed by atoms with Crippen molar-refractivity contribution in [2.24, 2.45) is 0 Å². The van der Waals surface area contributed by atoms with E-state index in [1.54, 1.807) is 6.92 Å². The van der Waals surface area contributed by atoms with Crippen LogP contribution in [0.25, 0.3) is 0 Å². The van der Waals surface area contributed by atoms with Gasteiger partial charge in [0.2, 0.25) is 0 Å². The molecule has 1 aromatic rings. The minimum atomic E-state index is 0.531. The molecule has 0 saturated heterocycles. The van der Waals surface area contributed by atoms with Crippen molar-refractivity contribution >= 4 is 21.6 Å². The van der Waals surface area contributed by atoms with Crippen molar-refractivity contribution in [1.29, 1.82) is 5.41 Å². The third-order valence-corrected chi connectivity index (χ3v) is 2.30. The molecular formula is C11H14BrNO. The van der Waals surface area contributed by atoms with Gasteiger partial charge in [0.05, 0.1) is 6.61 Å². The maximum absolute atomic E-state index is 7.59. The van der Waals surface area contributed by atoms with Crippen LogP contribution in [-0.4, -0.2) is 12.3 Å². The molecule has 2 nitrogen and oxygen atoms in total. The van der Waals surface area contributed by atoms with Crippen molar-refractivity contribution in [2.45, 2.75) is 20.3 Å². The molecule has 1 rings (SSSR count). The number of rotatable bonds is 4. The van der Waals surface area contributed by atoms with Crippen LogP contribution in [0.15, 0.2) is 22.7 Å². The summed E-state index contributed by atoms with van der Waals surface area (Å²) in [6.07, 6.45) is 0.975. The van der Waals surface area contributed by atoms with Crippen molar-refractivity contribution < 1.29 is 4.74 Å². The topological polar surface area (TPSA) is 33.1 Å². The minimum Gasteiger partial charge on any atom is -0.493 e. The predicted octanol–water partition coefficient (Wildman–Crippen LogP) is 3.63. The van der Waals surface area contributed by atoms with Crippen LogP contribution in [0.4, 0.5) is 0 Å². The highest BCUT2D eigenvalue weighted by molar-refractivity contribution is 9.10. The maximum Gasteiger partial charge on any atom is 0.129 e. The Labute approximate surface area is 92.9 Å². The van der Waals surface area contributed by atoms with Crippen LogP contribution in [0.2, 0.25) is 0 Å². The monoisotopic (exact) mass is 255 g/mol. The summed E-state index contributed by atoms with van der Waals surface area (Å²) in [5.41, 5.74) is 1.39. The molecule has 1 aromatic carbocycles. The Morgan fingerprint density at radius 3 is 2.79 bits per heavy atom. The number of hydrogen-bond donors (Lipinski definition) is 1. The van der Waals surface area contributed by atoms with E-state index in [9.17, 15) is 0 Å². The van der Waals surface area contributed by atoms with Gasteiger partial charge in [0.25, 0.3) is 0 Å². The third kappa shape index (κ3) is 2.84. The van der Waals surface area contributed by atoms with Crippen molar-refractivity contribution in [2.75, 3.05) is 6.61 Å². The first-order chi connectivity index (χ1) is 6.65. The Morgan fingerprint density at radius 2 is 2.21 bits per heavy atom. The SMILES string of the molecule is CCCOc1cc(Br)ccc1C(C)=N. The second-order valence-electron chi connectivity index (χ2n) is 3.11. The molecule has 0 aliphatic carbocycles. The molecule has 14 heavy (non-hydrogen) atoms. The average molecular weight is 256 g/mol. The van der Waals surface area contributed by atoms with Gasteiger partial charge in [-0.2, -0.15) is 0 Å². The fourth-order valence-corrected chi connectivity index (χ4v) is 1.48. The molecule has 3 heteroatoms. The van der Waals surface area contributed by atoms with E-state index in [0.29, 0.717) is 12.3 Å². The number of hydrogen-bond acceptors (Lipinski definition) is 2. The molecular weight excluding hydrogens is 242 g/mol. The van der Waals surface area contributed by atoms with E-state index >= 15 is 0 Å². The van der Waals surface area contributed by atoms with E-state index in [1.807, 2.05) is 18.2 Å². The van der Waals surface area contributed by atoms with E-state index in [0.717, 1.165) is 22.2 Å². The standard InChI is InChI=1S/C11H14BrNO/c1-3-6-14-11-7-9(12)4-5-10(11)8(2)13/h4-5,7,13H,3,6H2,1-2H3. The molecule has 0 aromatic heterocycles. The number of ether oxygens (including phenoxy) is 1. The van der Waals surface area contributed by atoms with Gasteiger partial charge in [-0.1, -0.05) is 22.9 Å². The summed E-state index contributed by atoms with van der Waals surface area (Å²) in [6, 6.07) is 5.73. The van der Waals surface area contributed by atoms with Crippen molar-refractivity contribution in [3.63, 3.8) is 0 Å². The van der Waals surface area contributed by atoms with Gasteiger partial charge in [0, 0.05) is 15.7 Å². The quantitative estimate of drug-likeness (QED) is 0.820. The molecule has 0 aliphatic heterocycles. The number of halogens is 1. The maximum atomic E-state index is 7.59. The third-order valence-electron chi connectivity index (χ3n) is 1.81. The summed E-state index contributed by atoms with van der Waals surface area (Å²) >= 11 is 3.39. The summed E-state index contributed by atoms with van der Waals surface area (Å²) in [7, 11) is 0. The Balaban J connectivity index is 2.97. The van der Waals surface area contributed by atoms with Crippen LogP contribution in [0.3, 0.4) is 0 Å². The van der Waals surface area contributed by atoms with Crippen molar-refractivity contribution in [3.05, 3.63) is 28.2 Å². The molecule has 0 saturated carbocycles. The molecule has 0 fully saturated rings. The first-order valence-corrected chi connectivity index (χ1v) is 5.42. The van der Waals surface area contributed by atoms with E-state index < -0.39 is 0 Å². The first-order valence-electron chi connectivity index (χ1n) is 4.63. The molecule has 1 N–H and O–H groups in total. The zero-order chi connectivity index (χ0) is 10.6. The molecule has 76 valence electrons. The van der Waals surface area contributed by atoms with Gasteiger partial charge in [-0.25, -0.2) is 0 Å². The van der Waals surface area contributed by atoms with Gasteiger partial charge in [0.15, 0.2) is 0 Å². The summed E-state index contributed by atoms with van der Waals surface area (Å²) < 4.78 is 6.54. The molecule has 0 aliphatic rings. The van der Waals surface area contributed by atoms with Crippen LogP contribution in [0.1, 0.15) is 25.8 Å². The molecule has 0 spiro atoms. The Hall–Kier alpha value is -0.830. The van der Waals surface area contributed by atoms with Gasteiger partial charge < -0.3 is 10.1 Å². The van der Waals surface area contributed by atoms with Gasteiger partial charge in [-0.3, -0.25) is 0 Å².